The van der Waals surface area contributed by atoms with Crippen LogP contribution in [0.5, 0.6) is 11.5 Å². The van der Waals surface area contributed by atoms with Gasteiger partial charge >= 0.3 is 51.4 Å². The van der Waals surface area contributed by atoms with Crippen LogP contribution < -0.4 is 61.2 Å². The van der Waals surface area contributed by atoms with Crippen LogP contribution in [0.1, 0.15) is 15.9 Å². The SMILES string of the molecule is O=C([O-])c1cc(OCc2ccccc2)ccc1O.[K+]. The van der Waals surface area contributed by atoms with Gasteiger partial charge in [0, 0.05) is 5.56 Å². The van der Waals surface area contributed by atoms with Crippen molar-refractivity contribution in [2.45, 2.75) is 6.61 Å². The summed E-state index contributed by atoms with van der Waals surface area (Å²) in [5.41, 5.74) is 0.695. The summed E-state index contributed by atoms with van der Waals surface area (Å²) in [6.45, 7) is 0.331. The van der Waals surface area contributed by atoms with Crippen molar-refractivity contribution in [3.05, 3.63) is 59.7 Å². The topological polar surface area (TPSA) is 69.6 Å². The molecule has 19 heavy (non-hydrogen) atoms. The molecule has 0 spiro atoms. The maximum absolute atomic E-state index is 10.7. The van der Waals surface area contributed by atoms with Gasteiger partial charge in [0.25, 0.3) is 0 Å². The molecule has 0 amide bonds. The first kappa shape index (κ1) is 16.2. The van der Waals surface area contributed by atoms with Crippen LogP contribution in [-0.4, -0.2) is 11.1 Å². The predicted molar refractivity (Wildman–Crippen MR) is 63.2 cm³/mol. The molecule has 5 heteroatoms. The van der Waals surface area contributed by atoms with Crippen LogP contribution in [0, 0.1) is 0 Å². The fraction of sp³-hybridized carbons (Fsp3) is 0.0714. The largest absolute Gasteiger partial charge is 1.00 e. The van der Waals surface area contributed by atoms with E-state index in [4.69, 9.17) is 4.74 Å². The van der Waals surface area contributed by atoms with E-state index in [-0.39, 0.29) is 62.7 Å². The number of benzene rings is 2. The van der Waals surface area contributed by atoms with Gasteiger partial charge in [-0.1, -0.05) is 30.3 Å². The fourth-order valence-electron chi connectivity index (χ4n) is 1.51. The molecule has 0 saturated heterocycles. The van der Waals surface area contributed by atoms with Crippen molar-refractivity contribution in [2.75, 3.05) is 0 Å². The monoisotopic (exact) mass is 282 g/mol. The van der Waals surface area contributed by atoms with E-state index in [1.54, 1.807) is 0 Å². The second-order valence-corrected chi connectivity index (χ2v) is 3.74. The van der Waals surface area contributed by atoms with E-state index in [1.165, 1.54) is 18.2 Å². The second-order valence-electron chi connectivity index (χ2n) is 3.74. The van der Waals surface area contributed by atoms with Crippen molar-refractivity contribution in [2.24, 2.45) is 0 Å². The summed E-state index contributed by atoms with van der Waals surface area (Å²) in [7, 11) is 0. The molecule has 0 aliphatic carbocycles. The van der Waals surface area contributed by atoms with Gasteiger partial charge in [-0.2, -0.15) is 0 Å². The standard InChI is InChI=1S/C14H12O4.K/c15-13-7-6-11(8-12(13)14(16)17)18-9-10-4-2-1-3-5-10;/h1-8,15H,9H2,(H,16,17);/q;+1/p-1. The van der Waals surface area contributed by atoms with Gasteiger partial charge in [-0.3, -0.25) is 0 Å². The number of carboxylic acids is 1. The minimum Gasteiger partial charge on any atom is -0.545 e. The minimum absolute atomic E-state index is 0. The molecular formula is C14H11KO4. The molecule has 92 valence electrons. The summed E-state index contributed by atoms with van der Waals surface area (Å²) in [5, 5.41) is 20.0. The van der Waals surface area contributed by atoms with Crippen molar-refractivity contribution < 1.29 is 71.1 Å². The number of hydrogen-bond donors (Lipinski definition) is 1. The molecule has 2 rings (SSSR count). The quantitative estimate of drug-likeness (QED) is 0.682. The van der Waals surface area contributed by atoms with Crippen molar-refractivity contribution in [1.29, 1.82) is 0 Å². The third-order valence-corrected chi connectivity index (χ3v) is 2.44. The van der Waals surface area contributed by atoms with Crippen LogP contribution >= 0.6 is 0 Å². The number of carbonyl (C=O) groups is 1. The third kappa shape index (κ3) is 4.63. The molecule has 0 atom stereocenters. The van der Waals surface area contributed by atoms with E-state index < -0.39 is 5.97 Å². The van der Waals surface area contributed by atoms with Gasteiger partial charge < -0.3 is 19.7 Å². The average molecular weight is 282 g/mol. The van der Waals surface area contributed by atoms with E-state index in [0.717, 1.165) is 5.56 Å². The summed E-state index contributed by atoms with van der Waals surface area (Å²) < 4.78 is 5.44. The fourth-order valence-corrected chi connectivity index (χ4v) is 1.51. The third-order valence-electron chi connectivity index (χ3n) is 2.44. The number of aromatic hydroxyl groups is 1. The van der Waals surface area contributed by atoms with Crippen LogP contribution in [0.25, 0.3) is 0 Å². The van der Waals surface area contributed by atoms with Crippen molar-refractivity contribution in [3.63, 3.8) is 0 Å². The first-order valence-electron chi connectivity index (χ1n) is 5.38. The predicted octanol–water partition coefficient (Wildman–Crippen LogP) is -1.66. The normalized spacial score (nSPS) is 9.47. The number of phenols is 1. The van der Waals surface area contributed by atoms with E-state index >= 15 is 0 Å². The van der Waals surface area contributed by atoms with Gasteiger partial charge in [0.05, 0.1) is 5.97 Å². The van der Waals surface area contributed by atoms with Crippen LogP contribution in [-0.2, 0) is 6.61 Å². The van der Waals surface area contributed by atoms with Crippen LogP contribution in [0.2, 0.25) is 0 Å². The molecular weight excluding hydrogens is 271 g/mol. The van der Waals surface area contributed by atoms with Gasteiger partial charge in [-0.05, 0) is 23.8 Å². The molecule has 0 radical (unpaired) electrons. The summed E-state index contributed by atoms with van der Waals surface area (Å²) >= 11 is 0. The molecule has 4 nitrogen and oxygen atoms in total. The summed E-state index contributed by atoms with van der Waals surface area (Å²) in [4.78, 5) is 10.7. The Balaban J connectivity index is 0.00000180. The second kappa shape index (κ2) is 7.67. The molecule has 0 aliphatic rings. The Morgan fingerprint density at radius 1 is 1.16 bits per heavy atom. The average Bonchev–Trinajstić information content (AvgIpc) is 2.38. The molecule has 2 aromatic carbocycles. The number of ether oxygens (including phenoxy) is 1. The molecule has 2 aromatic rings. The Bertz CT molecular complexity index is 555. The minimum atomic E-state index is -1.43. The molecule has 0 bridgehead atoms. The smallest absolute Gasteiger partial charge is 0.545 e. The van der Waals surface area contributed by atoms with E-state index in [2.05, 4.69) is 0 Å². The van der Waals surface area contributed by atoms with Crippen LogP contribution in [0.3, 0.4) is 0 Å². The molecule has 0 heterocycles. The Labute approximate surface area is 153 Å². The Hall–Kier alpha value is -0.854. The molecule has 0 fully saturated rings. The first-order chi connectivity index (χ1) is 8.66. The zero-order valence-electron chi connectivity index (χ0n) is 10.5. The zero-order valence-corrected chi connectivity index (χ0v) is 13.6. The number of aromatic carboxylic acids is 1. The Kier molecular flexibility index (Phi) is 6.54. The number of rotatable bonds is 4. The van der Waals surface area contributed by atoms with Crippen molar-refractivity contribution in [1.82, 2.24) is 0 Å². The molecule has 0 aromatic heterocycles. The van der Waals surface area contributed by atoms with Gasteiger partial charge in [0.15, 0.2) is 0 Å². The van der Waals surface area contributed by atoms with Crippen LogP contribution in [0.15, 0.2) is 48.5 Å². The molecule has 0 aliphatic heterocycles. The van der Waals surface area contributed by atoms with Crippen LogP contribution in [0.4, 0.5) is 0 Å². The summed E-state index contributed by atoms with van der Waals surface area (Å²) in [6, 6.07) is 13.5. The zero-order chi connectivity index (χ0) is 13.0. The summed E-state index contributed by atoms with van der Waals surface area (Å²) in [6.07, 6.45) is 0. The Morgan fingerprint density at radius 3 is 2.47 bits per heavy atom. The maximum atomic E-state index is 10.7. The first-order valence-corrected chi connectivity index (χ1v) is 5.38. The van der Waals surface area contributed by atoms with Gasteiger partial charge in [0.2, 0.25) is 0 Å². The number of hydrogen-bond acceptors (Lipinski definition) is 4. The van der Waals surface area contributed by atoms with Gasteiger partial charge in [-0.15, -0.1) is 0 Å². The van der Waals surface area contributed by atoms with E-state index in [1.807, 2.05) is 30.3 Å². The molecule has 0 unspecified atom stereocenters. The maximum Gasteiger partial charge on any atom is 1.00 e. The van der Waals surface area contributed by atoms with E-state index in [9.17, 15) is 15.0 Å². The van der Waals surface area contributed by atoms with Crippen molar-refractivity contribution in [3.8, 4) is 11.5 Å². The summed E-state index contributed by atoms with van der Waals surface area (Å²) in [5.74, 6) is -1.39. The van der Waals surface area contributed by atoms with Crippen molar-refractivity contribution >= 4 is 5.97 Å². The number of carbonyl (C=O) groups excluding carboxylic acids is 1. The van der Waals surface area contributed by atoms with Gasteiger partial charge in [0.1, 0.15) is 18.1 Å². The van der Waals surface area contributed by atoms with Gasteiger partial charge in [-0.25, -0.2) is 0 Å². The van der Waals surface area contributed by atoms with E-state index in [0.29, 0.717) is 12.4 Å². The molecule has 1 N–H and O–H groups in total. The Morgan fingerprint density at radius 2 is 1.84 bits per heavy atom. The number of carboxylic acid groups (broad SMARTS) is 1. The molecule has 0 saturated carbocycles.